The summed E-state index contributed by atoms with van der Waals surface area (Å²) in [6.45, 7) is 7.35. The number of rotatable bonds is 5. The molecule has 2 N–H and O–H groups in total. The minimum absolute atomic E-state index is 0.00560. The van der Waals surface area contributed by atoms with E-state index in [-0.39, 0.29) is 23.1 Å². The number of nitrogens with two attached hydrogens (primary N) is 1. The van der Waals surface area contributed by atoms with Crippen molar-refractivity contribution in [3.63, 3.8) is 0 Å². The molecule has 128 valence electrons. The van der Waals surface area contributed by atoms with Gasteiger partial charge in [0.1, 0.15) is 0 Å². The number of hydrogen-bond donors (Lipinski definition) is 1. The maximum Gasteiger partial charge on any atom is 0.234 e. The van der Waals surface area contributed by atoms with E-state index in [2.05, 4.69) is 20.8 Å². The Labute approximate surface area is 138 Å². The standard InChI is InChI=1S/C17H26N2O3S/c1-17(2,3)13-6-8-14(9-7-13)23(21,22)12-11-19-10-4-5-15(19)16(18)20/h6-9,15H,4-5,10-12H2,1-3H3,(H2,18,20)/t15-/m0/s1. The average molecular weight is 338 g/mol. The zero-order valence-electron chi connectivity index (χ0n) is 14.1. The molecule has 0 spiro atoms. The SMILES string of the molecule is CC(C)(C)c1ccc(S(=O)(=O)CCN2CCC[C@H]2C(N)=O)cc1. The highest BCUT2D eigenvalue weighted by atomic mass is 32.2. The summed E-state index contributed by atoms with van der Waals surface area (Å²) >= 11 is 0. The molecule has 6 heteroatoms. The minimum Gasteiger partial charge on any atom is -0.368 e. The summed E-state index contributed by atoms with van der Waals surface area (Å²) in [6.07, 6.45) is 1.60. The molecule has 1 aromatic rings. The number of benzene rings is 1. The van der Waals surface area contributed by atoms with Gasteiger partial charge in [-0.15, -0.1) is 0 Å². The topological polar surface area (TPSA) is 80.5 Å². The van der Waals surface area contributed by atoms with E-state index in [9.17, 15) is 13.2 Å². The number of nitrogens with zero attached hydrogens (tertiary/aromatic N) is 1. The quantitative estimate of drug-likeness (QED) is 0.886. The van der Waals surface area contributed by atoms with E-state index < -0.39 is 9.84 Å². The summed E-state index contributed by atoms with van der Waals surface area (Å²) < 4.78 is 25.0. The summed E-state index contributed by atoms with van der Waals surface area (Å²) in [5.74, 6) is -0.361. The molecule has 1 aromatic carbocycles. The fourth-order valence-corrected chi connectivity index (χ4v) is 4.19. The Balaban J connectivity index is 2.06. The van der Waals surface area contributed by atoms with Crippen LogP contribution in [0.25, 0.3) is 0 Å². The second kappa shape index (κ2) is 6.61. The average Bonchev–Trinajstić information content (AvgIpc) is 2.93. The van der Waals surface area contributed by atoms with Gasteiger partial charge in [-0.2, -0.15) is 0 Å². The largest absolute Gasteiger partial charge is 0.368 e. The van der Waals surface area contributed by atoms with Gasteiger partial charge in [0.05, 0.1) is 16.7 Å². The van der Waals surface area contributed by atoms with Gasteiger partial charge in [0.2, 0.25) is 5.91 Å². The van der Waals surface area contributed by atoms with Crippen LogP contribution in [0.1, 0.15) is 39.2 Å². The van der Waals surface area contributed by atoms with Crippen LogP contribution in [0.5, 0.6) is 0 Å². The number of hydrogen-bond acceptors (Lipinski definition) is 4. The van der Waals surface area contributed by atoms with E-state index in [0.29, 0.717) is 11.4 Å². The molecule has 1 saturated heterocycles. The molecule has 1 heterocycles. The predicted molar refractivity (Wildman–Crippen MR) is 91.0 cm³/mol. The van der Waals surface area contributed by atoms with Crippen molar-refractivity contribution < 1.29 is 13.2 Å². The van der Waals surface area contributed by atoms with Crippen LogP contribution in [0.4, 0.5) is 0 Å². The zero-order chi connectivity index (χ0) is 17.3. The van der Waals surface area contributed by atoms with Gasteiger partial charge in [0.25, 0.3) is 0 Å². The molecule has 1 aliphatic rings. The molecular weight excluding hydrogens is 312 g/mol. The van der Waals surface area contributed by atoms with Crippen LogP contribution >= 0.6 is 0 Å². The molecule has 1 fully saturated rings. The Kier molecular flexibility index (Phi) is 5.16. The summed E-state index contributed by atoms with van der Waals surface area (Å²) in [5.41, 5.74) is 6.46. The molecule has 0 bridgehead atoms. The maximum atomic E-state index is 12.5. The first kappa shape index (κ1) is 17.9. The fourth-order valence-electron chi connectivity index (χ4n) is 2.93. The van der Waals surface area contributed by atoms with Crippen molar-refractivity contribution in [3.8, 4) is 0 Å². The number of carbonyl (C=O) groups excluding carboxylic acids is 1. The highest BCUT2D eigenvalue weighted by molar-refractivity contribution is 7.91. The first-order chi connectivity index (χ1) is 10.6. The molecule has 0 radical (unpaired) electrons. The Bertz CT molecular complexity index is 660. The van der Waals surface area contributed by atoms with Gasteiger partial charge in [-0.1, -0.05) is 32.9 Å². The van der Waals surface area contributed by atoms with E-state index in [0.717, 1.165) is 24.9 Å². The first-order valence-electron chi connectivity index (χ1n) is 7.98. The predicted octanol–water partition coefficient (Wildman–Crippen LogP) is 1.71. The zero-order valence-corrected chi connectivity index (χ0v) is 14.9. The van der Waals surface area contributed by atoms with E-state index >= 15 is 0 Å². The summed E-state index contributed by atoms with van der Waals surface area (Å²) in [5, 5.41) is 0. The Hall–Kier alpha value is -1.40. The molecular formula is C17H26N2O3S. The van der Waals surface area contributed by atoms with Crippen LogP contribution in [-0.2, 0) is 20.0 Å². The van der Waals surface area contributed by atoms with E-state index in [1.54, 1.807) is 12.1 Å². The van der Waals surface area contributed by atoms with Gasteiger partial charge in [0.15, 0.2) is 9.84 Å². The van der Waals surface area contributed by atoms with Crippen molar-refractivity contribution >= 4 is 15.7 Å². The van der Waals surface area contributed by atoms with Crippen LogP contribution in [0.2, 0.25) is 0 Å². The summed E-state index contributed by atoms with van der Waals surface area (Å²) in [7, 11) is -3.35. The molecule has 5 nitrogen and oxygen atoms in total. The number of sulfone groups is 1. The third-order valence-corrected chi connectivity index (χ3v) is 6.13. The second-order valence-corrected chi connectivity index (χ2v) is 9.30. The third kappa shape index (κ3) is 4.32. The van der Waals surface area contributed by atoms with Crippen LogP contribution < -0.4 is 5.73 Å². The lowest BCUT2D eigenvalue weighted by Crippen LogP contribution is -2.42. The van der Waals surface area contributed by atoms with Crippen LogP contribution in [-0.4, -0.2) is 44.1 Å². The normalized spacial score (nSPS) is 19.9. The maximum absolute atomic E-state index is 12.5. The van der Waals surface area contributed by atoms with Crippen LogP contribution in [0, 0.1) is 0 Å². The first-order valence-corrected chi connectivity index (χ1v) is 9.63. The Morgan fingerprint density at radius 3 is 2.39 bits per heavy atom. The molecule has 1 amide bonds. The van der Waals surface area contributed by atoms with Gasteiger partial charge >= 0.3 is 0 Å². The molecule has 0 unspecified atom stereocenters. The Morgan fingerprint density at radius 1 is 1.26 bits per heavy atom. The fraction of sp³-hybridized carbons (Fsp3) is 0.588. The summed E-state index contributed by atoms with van der Waals surface area (Å²) in [6, 6.07) is 6.76. The van der Waals surface area contributed by atoms with Gasteiger partial charge in [-0.3, -0.25) is 9.69 Å². The van der Waals surface area contributed by atoms with Crippen molar-refractivity contribution in [1.29, 1.82) is 0 Å². The number of primary amides is 1. The monoisotopic (exact) mass is 338 g/mol. The van der Waals surface area contributed by atoms with Gasteiger partial charge in [-0.05, 0) is 42.5 Å². The third-order valence-electron chi connectivity index (χ3n) is 4.42. The van der Waals surface area contributed by atoms with Gasteiger partial charge in [-0.25, -0.2) is 8.42 Å². The van der Waals surface area contributed by atoms with Crippen molar-refractivity contribution in [1.82, 2.24) is 4.90 Å². The smallest absolute Gasteiger partial charge is 0.234 e. The van der Waals surface area contributed by atoms with Crippen LogP contribution in [0.3, 0.4) is 0 Å². The number of carbonyl (C=O) groups is 1. The molecule has 1 atom stereocenters. The Morgan fingerprint density at radius 2 is 1.87 bits per heavy atom. The molecule has 0 saturated carbocycles. The van der Waals surface area contributed by atoms with E-state index in [1.807, 2.05) is 17.0 Å². The molecule has 0 aliphatic carbocycles. The molecule has 23 heavy (non-hydrogen) atoms. The highest BCUT2D eigenvalue weighted by Gasteiger charge is 2.30. The van der Waals surface area contributed by atoms with Crippen LogP contribution in [0.15, 0.2) is 29.2 Å². The van der Waals surface area contributed by atoms with Crippen molar-refractivity contribution in [2.24, 2.45) is 5.73 Å². The van der Waals surface area contributed by atoms with Gasteiger partial charge < -0.3 is 5.73 Å². The lowest BCUT2D eigenvalue weighted by Gasteiger charge is -2.22. The molecule has 0 aromatic heterocycles. The summed E-state index contributed by atoms with van der Waals surface area (Å²) in [4.78, 5) is 13.6. The van der Waals surface area contributed by atoms with Crippen molar-refractivity contribution in [2.75, 3.05) is 18.8 Å². The van der Waals surface area contributed by atoms with Gasteiger partial charge in [0, 0.05) is 6.54 Å². The highest BCUT2D eigenvalue weighted by Crippen LogP contribution is 2.24. The van der Waals surface area contributed by atoms with E-state index in [4.69, 9.17) is 5.73 Å². The number of amides is 1. The lowest BCUT2D eigenvalue weighted by molar-refractivity contribution is -0.122. The lowest BCUT2D eigenvalue weighted by atomic mass is 9.87. The molecule has 2 rings (SSSR count). The van der Waals surface area contributed by atoms with Crippen molar-refractivity contribution in [3.05, 3.63) is 29.8 Å². The minimum atomic E-state index is -3.35. The second-order valence-electron chi connectivity index (χ2n) is 7.19. The number of likely N-dealkylation sites (tertiary alicyclic amines) is 1. The molecule has 1 aliphatic heterocycles. The van der Waals surface area contributed by atoms with Crippen molar-refractivity contribution in [2.45, 2.75) is 50.0 Å². The van der Waals surface area contributed by atoms with E-state index in [1.165, 1.54) is 0 Å².